The standard InChI is InChI=1S/C24H26F2N6O4S/c1-16-3-6-19(13-21(16)30-24(33)31-9-11-32(12-10-31)37(2,34)35)29-23-27-14-18(15-28-23)17-4-7-20(8-5-17)36-22(25)26/h3-8,13-15,22H,9-12H2,1-2H3,(H,30,33)(H,27,28,29). The first-order valence-corrected chi connectivity index (χ1v) is 13.2. The van der Waals surface area contributed by atoms with E-state index in [9.17, 15) is 22.0 Å². The summed E-state index contributed by atoms with van der Waals surface area (Å²) in [4.78, 5) is 23.0. The summed E-state index contributed by atoms with van der Waals surface area (Å²) in [5.74, 6) is 0.399. The first kappa shape index (κ1) is 26.2. The number of amides is 2. The predicted octanol–water partition coefficient (Wildman–Crippen LogP) is 3.91. The van der Waals surface area contributed by atoms with Gasteiger partial charge < -0.3 is 20.3 Å². The SMILES string of the molecule is Cc1ccc(Nc2ncc(-c3ccc(OC(F)F)cc3)cn2)cc1NC(=O)N1CCN(S(C)(=O)=O)CC1. The van der Waals surface area contributed by atoms with Crippen LogP contribution in [0.2, 0.25) is 0 Å². The smallest absolute Gasteiger partial charge is 0.387 e. The van der Waals surface area contributed by atoms with Crippen LogP contribution in [0.25, 0.3) is 11.1 Å². The number of carbonyl (C=O) groups excluding carboxylic acids is 1. The zero-order valence-corrected chi connectivity index (χ0v) is 21.0. The summed E-state index contributed by atoms with van der Waals surface area (Å²) in [5.41, 5.74) is 3.55. The number of anilines is 3. The Bertz CT molecular complexity index is 1350. The minimum absolute atomic E-state index is 0.0661. The minimum atomic E-state index is -3.28. The topological polar surface area (TPSA) is 117 Å². The lowest BCUT2D eigenvalue weighted by molar-refractivity contribution is -0.0498. The van der Waals surface area contributed by atoms with Crippen molar-refractivity contribution in [3.63, 3.8) is 0 Å². The molecule has 1 saturated heterocycles. The van der Waals surface area contributed by atoms with Crippen molar-refractivity contribution in [1.29, 1.82) is 0 Å². The van der Waals surface area contributed by atoms with Crippen LogP contribution in [0.1, 0.15) is 5.56 Å². The lowest BCUT2D eigenvalue weighted by Crippen LogP contribution is -2.51. The van der Waals surface area contributed by atoms with Gasteiger partial charge in [0.1, 0.15) is 5.75 Å². The number of benzene rings is 2. The summed E-state index contributed by atoms with van der Waals surface area (Å²) in [5, 5.41) is 5.98. The van der Waals surface area contributed by atoms with E-state index in [1.54, 1.807) is 35.5 Å². The first-order chi connectivity index (χ1) is 17.6. The number of rotatable bonds is 7. The van der Waals surface area contributed by atoms with E-state index in [0.717, 1.165) is 17.4 Å². The number of hydrogen-bond acceptors (Lipinski definition) is 7. The van der Waals surface area contributed by atoms with E-state index in [4.69, 9.17) is 0 Å². The van der Waals surface area contributed by atoms with Gasteiger partial charge in [0.25, 0.3) is 0 Å². The van der Waals surface area contributed by atoms with Crippen LogP contribution in [0.5, 0.6) is 5.75 Å². The normalized spacial score (nSPS) is 14.5. The summed E-state index contributed by atoms with van der Waals surface area (Å²) >= 11 is 0. The number of piperazine rings is 1. The monoisotopic (exact) mass is 532 g/mol. The van der Waals surface area contributed by atoms with E-state index in [0.29, 0.717) is 36.0 Å². The van der Waals surface area contributed by atoms with Gasteiger partial charge in [-0.05, 0) is 42.3 Å². The van der Waals surface area contributed by atoms with E-state index in [2.05, 4.69) is 25.3 Å². The third-order valence-electron chi connectivity index (χ3n) is 5.79. The molecule has 0 spiro atoms. The molecule has 2 aromatic carbocycles. The van der Waals surface area contributed by atoms with Crippen molar-refractivity contribution in [3.8, 4) is 16.9 Å². The highest BCUT2D eigenvalue weighted by molar-refractivity contribution is 7.88. The Labute approximate surface area is 213 Å². The molecule has 0 atom stereocenters. The van der Waals surface area contributed by atoms with Crippen molar-refractivity contribution in [3.05, 3.63) is 60.4 Å². The molecule has 0 bridgehead atoms. The summed E-state index contributed by atoms with van der Waals surface area (Å²) in [7, 11) is -3.28. The number of urea groups is 1. The molecule has 2 N–H and O–H groups in total. The van der Waals surface area contributed by atoms with Crippen LogP contribution >= 0.6 is 0 Å². The maximum atomic E-state index is 12.7. The van der Waals surface area contributed by atoms with Gasteiger partial charge in [0.15, 0.2) is 0 Å². The fourth-order valence-corrected chi connectivity index (χ4v) is 4.58. The number of sulfonamides is 1. The van der Waals surface area contributed by atoms with E-state index < -0.39 is 16.6 Å². The number of nitrogens with zero attached hydrogens (tertiary/aromatic N) is 4. The Morgan fingerprint density at radius 1 is 1.00 bits per heavy atom. The summed E-state index contributed by atoms with van der Waals surface area (Å²) in [6.45, 7) is 0.106. The minimum Gasteiger partial charge on any atom is -0.435 e. The van der Waals surface area contributed by atoms with Crippen LogP contribution in [0.15, 0.2) is 54.9 Å². The average Bonchev–Trinajstić information content (AvgIpc) is 2.86. The van der Waals surface area contributed by atoms with Gasteiger partial charge in [-0.2, -0.15) is 13.1 Å². The fraction of sp³-hybridized carbons (Fsp3) is 0.292. The van der Waals surface area contributed by atoms with Gasteiger partial charge in [-0.1, -0.05) is 18.2 Å². The van der Waals surface area contributed by atoms with Crippen molar-refractivity contribution in [2.75, 3.05) is 43.1 Å². The molecule has 196 valence electrons. The van der Waals surface area contributed by atoms with Crippen LogP contribution in [-0.4, -0.2) is 72.7 Å². The number of aromatic nitrogens is 2. The van der Waals surface area contributed by atoms with Gasteiger partial charge in [0, 0.05) is 55.5 Å². The highest BCUT2D eigenvalue weighted by atomic mass is 32.2. The number of alkyl halides is 2. The number of nitrogens with one attached hydrogen (secondary N) is 2. The average molecular weight is 533 g/mol. The quantitative estimate of drug-likeness (QED) is 0.474. The molecule has 13 heteroatoms. The summed E-state index contributed by atoms with van der Waals surface area (Å²) < 4.78 is 53.7. The van der Waals surface area contributed by atoms with Gasteiger partial charge in [-0.15, -0.1) is 0 Å². The molecule has 1 fully saturated rings. The fourth-order valence-electron chi connectivity index (χ4n) is 3.75. The van der Waals surface area contributed by atoms with E-state index in [-0.39, 0.29) is 24.9 Å². The lowest BCUT2D eigenvalue weighted by Gasteiger charge is -2.33. The van der Waals surface area contributed by atoms with Crippen LogP contribution in [0.3, 0.4) is 0 Å². The molecule has 0 unspecified atom stereocenters. The molecule has 2 heterocycles. The Hall–Kier alpha value is -3.84. The van der Waals surface area contributed by atoms with Crippen molar-refractivity contribution in [2.45, 2.75) is 13.5 Å². The van der Waals surface area contributed by atoms with Crippen molar-refractivity contribution < 1.29 is 26.7 Å². The predicted molar refractivity (Wildman–Crippen MR) is 136 cm³/mol. The maximum absolute atomic E-state index is 12.7. The molecule has 1 aliphatic rings. The molecule has 0 saturated carbocycles. The maximum Gasteiger partial charge on any atom is 0.387 e. The lowest BCUT2D eigenvalue weighted by atomic mass is 10.1. The Balaban J connectivity index is 1.38. The molecule has 1 aliphatic heterocycles. The van der Waals surface area contributed by atoms with Gasteiger partial charge in [-0.25, -0.2) is 23.2 Å². The molecule has 0 aliphatic carbocycles. The number of ether oxygens (including phenoxy) is 1. The zero-order valence-electron chi connectivity index (χ0n) is 20.2. The second-order valence-corrected chi connectivity index (χ2v) is 10.4. The van der Waals surface area contributed by atoms with Crippen LogP contribution < -0.4 is 15.4 Å². The third-order valence-corrected chi connectivity index (χ3v) is 7.10. The Morgan fingerprint density at radius 2 is 1.65 bits per heavy atom. The summed E-state index contributed by atoms with van der Waals surface area (Å²) in [6, 6.07) is 11.3. The summed E-state index contributed by atoms with van der Waals surface area (Å²) in [6.07, 6.45) is 4.37. The van der Waals surface area contributed by atoms with Crippen LogP contribution in [0, 0.1) is 6.92 Å². The van der Waals surface area contributed by atoms with Crippen molar-refractivity contribution in [2.24, 2.45) is 0 Å². The molecule has 0 radical (unpaired) electrons. The number of carbonyl (C=O) groups is 1. The highest BCUT2D eigenvalue weighted by Crippen LogP contribution is 2.25. The van der Waals surface area contributed by atoms with Crippen molar-refractivity contribution >= 4 is 33.4 Å². The molecule has 1 aromatic heterocycles. The molecule has 2 amide bonds. The molecule has 37 heavy (non-hydrogen) atoms. The number of aryl methyl sites for hydroxylation is 1. The van der Waals surface area contributed by atoms with E-state index in [1.165, 1.54) is 16.4 Å². The van der Waals surface area contributed by atoms with E-state index >= 15 is 0 Å². The second kappa shape index (κ2) is 11.0. The van der Waals surface area contributed by atoms with Gasteiger partial charge >= 0.3 is 12.6 Å². The molecular weight excluding hydrogens is 506 g/mol. The Morgan fingerprint density at radius 3 is 2.24 bits per heavy atom. The highest BCUT2D eigenvalue weighted by Gasteiger charge is 2.26. The van der Waals surface area contributed by atoms with Gasteiger partial charge in [0.2, 0.25) is 16.0 Å². The van der Waals surface area contributed by atoms with Gasteiger partial charge in [-0.3, -0.25) is 0 Å². The van der Waals surface area contributed by atoms with Crippen LogP contribution in [0.4, 0.5) is 30.9 Å². The second-order valence-electron chi connectivity index (χ2n) is 8.43. The molecule has 3 aromatic rings. The van der Waals surface area contributed by atoms with E-state index in [1.807, 2.05) is 19.1 Å². The number of hydrogen-bond donors (Lipinski definition) is 2. The number of halogens is 2. The largest absolute Gasteiger partial charge is 0.435 e. The molecular formula is C24H26F2N6O4S. The third kappa shape index (κ3) is 6.89. The molecule has 10 nitrogen and oxygen atoms in total. The zero-order chi connectivity index (χ0) is 26.6. The Kier molecular flexibility index (Phi) is 7.83. The van der Waals surface area contributed by atoms with Gasteiger partial charge in [0.05, 0.1) is 6.26 Å². The molecule has 4 rings (SSSR count). The van der Waals surface area contributed by atoms with Crippen LogP contribution in [-0.2, 0) is 10.0 Å². The first-order valence-electron chi connectivity index (χ1n) is 11.3. The van der Waals surface area contributed by atoms with Crippen molar-refractivity contribution in [1.82, 2.24) is 19.2 Å².